The summed E-state index contributed by atoms with van der Waals surface area (Å²) < 4.78 is 40.2. The molecule has 0 fully saturated rings. The number of aryl methyl sites for hydroxylation is 3. The van der Waals surface area contributed by atoms with Crippen molar-refractivity contribution in [3.05, 3.63) is 146 Å². The number of benzene rings is 4. The monoisotopic (exact) mass is 830 g/mol. The van der Waals surface area contributed by atoms with Gasteiger partial charge in [0.15, 0.2) is 0 Å². The zero-order valence-corrected chi connectivity index (χ0v) is 37.2. The zero-order valence-electron chi connectivity index (χ0n) is 37.2. The molecule has 2 heterocycles. The summed E-state index contributed by atoms with van der Waals surface area (Å²) in [6.07, 6.45) is 20.6. The van der Waals surface area contributed by atoms with E-state index in [4.69, 9.17) is 33.2 Å². The molecular formula is C53H54N2O7. The highest BCUT2D eigenvalue weighted by molar-refractivity contribution is 5.82. The van der Waals surface area contributed by atoms with Crippen molar-refractivity contribution >= 4 is 48.6 Å². The van der Waals surface area contributed by atoms with Crippen molar-refractivity contribution in [3.8, 4) is 51.6 Å². The second-order valence-electron chi connectivity index (χ2n) is 14.4. The zero-order chi connectivity index (χ0) is 44.2. The summed E-state index contributed by atoms with van der Waals surface area (Å²) in [4.78, 5) is 9.31. The van der Waals surface area contributed by atoms with Crippen LogP contribution in [0.25, 0.3) is 60.0 Å². The van der Waals surface area contributed by atoms with Gasteiger partial charge in [-0.25, -0.2) is 0 Å². The summed E-state index contributed by atoms with van der Waals surface area (Å²) in [6, 6.07) is 24.0. The van der Waals surface area contributed by atoms with Gasteiger partial charge >= 0.3 is 0 Å². The molecule has 0 unspecified atom stereocenters. The molecule has 62 heavy (non-hydrogen) atoms. The number of rotatable bonds is 17. The SMILES string of the molecule is CCc1cc(/C=C/c2cc(OC)c(/C=C/c3ccnc(-c4cc(/C=C/c5cc(OC)c(/C=C/c6cc(OC)c(C)cc6OC)cc5OC)ccn4)c3)cc2OC)c(OC)cc1C. The van der Waals surface area contributed by atoms with Crippen LogP contribution in [0.3, 0.4) is 0 Å². The van der Waals surface area contributed by atoms with Crippen molar-refractivity contribution in [2.24, 2.45) is 0 Å². The quantitative estimate of drug-likeness (QED) is 0.0833. The van der Waals surface area contributed by atoms with Gasteiger partial charge in [0.2, 0.25) is 0 Å². The lowest BCUT2D eigenvalue weighted by molar-refractivity contribution is 0.399. The van der Waals surface area contributed by atoms with Gasteiger partial charge < -0.3 is 33.2 Å². The van der Waals surface area contributed by atoms with Gasteiger partial charge in [-0.15, -0.1) is 0 Å². The number of hydrogen-bond donors (Lipinski definition) is 0. The maximum absolute atomic E-state index is 5.84. The second kappa shape index (κ2) is 20.8. The summed E-state index contributed by atoms with van der Waals surface area (Å²) in [5.74, 6) is 5.18. The standard InChI is InChI=1S/C53H54N2O7/c1-11-38-28-39(48(57-5)24-34(38)2)16-17-43-32-50(59-7)40(30-52(43)61-9)14-12-36-20-22-54-45(26-36)46-27-37(21-23-55-46)13-15-41-31-53(62-10)44(33-51(41)60-8)19-18-42-29-47(56-4)35(3)25-49(42)58-6/h12-33H,11H2,1-10H3/b14-12+,15-13+,17-16+,19-18+. The fraction of sp³-hybridized carbons (Fsp3) is 0.208. The molecule has 0 bridgehead atoms. The molecule has 0 spiro atoms. The van der Waals surface area contributed by atoms with E-state index >= 15 is 0 Å². The highest BCUT2D eigenvalue weighted by Crippen LogP contribution is 2.36. The van der Waals surface area contributed by atoms with Crippen LogP contribution in [0.2, 0.25) is 0 Å². The van der Waals surface area contributed by atoms with Crippen LogP contribution in [0.4, 0.5) is 0 Å². The van der Waals surface area contributed by atoms with Crippen LogP contribution in [0.5, 0.6) is 40.2 Å². The Balaban J connectivity index is 1.22. The molecule has 0 atom stereocenters. The summed E-state index contributed by atoms with van der Waals surface area (Å²) in [5, 5.41) is 0. The van der Waals surface area contributed by atoms with Crippen molar-refractivity contribution in [2.45, 2.75) is 27.2 Å². The van der Waals surface area contributed by atoms with E-state index in [0.717, 1.165) is 90.9 Å². The van der Waals surface area contributed by atoms with Crippen LogP contribution in [0, 0.1) is 13.8 Å². The molecular weight excluding hydrogens is 777 g/mol. The molecule has 0 amide bonds. The Labute approximate surface area is 365 Å². The summed E-state index contributed by atoms with van der Waals surface area (Å²) >= 11 is 0. The van der Waals surface area contributed by atoms with E-state index in [9.17, 15) is 0 Å². The Morgan fingerprint density at radius 2 is 0.677 bits per heavy atom. The van der Waals surface area contributed by atoms with Gasteiger partial charge in [0.05, 0.1) is 61.2 Å². The number of methoxy groups -OCH3 is 7. The molecule has 6 aromatic rings. The Morgan fingerprint density at radius 3 is 1.03 bits per heavy atom. The molecule has 0 aliphatic rings. The fourth-order valence-electron chi connectivity index (χ4n) is 7.16. The van der Waals surface area contributed by atoms with Crippen molar-refractivity contribution in [2.75, 3.05) is 49.8 Å². The number of nitrogens with zero attached hydrogens (tertiary/aromatic N) is 2. The molecule has 0 saturated heterocycles. The van der Waals surface area contributed by atoms with Crippen molar-refractivity contribution < 1.29 is 33.2 Å². The molecule has 0 N–H and O–H groups in total. The minimum atomic E-state index is 0.692. The third-order valence-electron chi connectivity index (χ3n) is 10.6. The van der Waals surface area contributed by atoms with Gasteiger partial charge in [-0.1, -0.05) is 55.5 Å². The first-order valence-corrected chi connectivity index (χ1v) is 20.2. The van der Waals surface area contributed by atoms with Gasteiger partial charge in [0.1, 0.15) is 40.2 Å². The molecule has 2 aromatic heterocycles. The van der Waals surface area contributed by atoms with Crippen molar-refractivity contribution in [3.63, 3.8) is 0 Å². The average Bonchev–Trinajstić information content (AvgIpc) is 3.31. The van der Waals surface area contributed by atoms with Crippen LogP contribution in [0.1, 0.15) is 68.1 Å². The Morgan fingerprint density at radius 1 is 0.371 bits per heavy atom. The van der Waals surface area contributed by atoms with Crippen LogP contribution >= 0.6 is 0 Å². The van der Waals surface area contributed by atoms with E-state index in [1.807, 2.05) is 110 Å². The minimum Gasteiger partial charge on any atom is -0.496 e. The van der Waals surface area contributed by atoms with E-state index in [2.05, 4.69) is 42.0 Å². The molecule has 9 heteroatoms. The smallest absolute Gasteiger partial charge is 0.126 e. The highest BCUT2D eigenvalue weighted by Gasteiger charge is 2.13. The molecule has 4 aromatic carbocycles. The number of hydrogen-bond acceptors (Lipinski definition) is 9. The number of aromatic nitrogens is 2. The van der Waals surface area contributed by atoms with Crippen molar-refractivity contribution in [1.29, 1.82) is 0 Å². The largest absolute Gasteiger partial charge is 0.496 e. The van der Waals surface area contributed by atoms with Gasteiger partial charge in [0, 0.05) is 45.8 Å². The maximum atomic E-state index is 5.84. The van der Waals surface area contributed by atoms with Gasteiger partial charge in [-0.2, -0.15) is 0 Å². The minimum absolute atomic E-state index is 0.692. The lowest BCUT2D eigenvalue weighted by atomic mass is 10.0. The summed E-state index contributed by atoms with van der Waals surface area (Å²) in [6.45, 7) is 6.25. The van der Waals surface area contributed by atoms with Gasteiger partial charge in [0.25, 0.3) is 0 Å². The summed E-state index contributed by atoms with van der Waals surface area (Å²) in [7, 11) is 11.7. The fourth-order valence-corrected chi connectivity index (χ4v) is 7.16. The van der Waals surface area contributed by atoms with Crippen LogP contribution in [0.15, 0.2) is 85.2 Å². The molecule has 318 valence electrons. The molecule has 0 aliphatic heterocycles. The van der Waals surface area contributed by atoms with Crippen LogP contribution < -0.4 is 33.2 Å². The molecule has 6 rings (SSSR count). The Kier molecular flexibility index (Phi) is 14.9. The van der Waals surface area contributed by atoms with E-state index < -0.39 is 0 Å². The van der Waals surface area contributed by atoms with E-state index in [-0.39, 0.29) is 0 Å². The first-order valence-electron chi connectivity index (χ1n) is 20.2. The topological polar surface area (TPSA) is 90.4 Å². The van der Waals surface area contributed by atoms with E-state index in [1.54, 1.807) is 62.2 Å². The number of pyridine rings is 2. The highest BCUT2D eigenvalue weighted by atomic mass is 16.5. The normalized spacial score (nSPS) is 11.5. The van der Waals surface area contributed by atoms with E-state index in [1.165, 1.54) is 11.1 Å². The maximum Gasteiger partial charge on any atom is 0.126 e. The van der Waals surface area contributed by atoms with E-state index in [0.29, 0.717) is 17.2 Å². The third kappa shape index (κ3) is 10.4. The molecule has 0 radical (unpaired) electrons. The van der Waals surface area contributed by atoms with Crippen LogP contribution in [-0.2, 0) is 6.42 Å². The average molecular weight is 831 g/mol. The number of ether oxygens (including phenoxy) is 7. The lowest BCUT2D eigenvalue weighted by Crippen LogP contribution is -1.94. The second-order valence-corrected chi connectivity index (χ2v) is 14.4. The molecule has 0 aliphatic carbocycles. The van der Waals surface area contributed by atoms with Gasteiger partial charge in [-0.3, -0.25) is 9.97 Å². The third-order valence-corrected chi connectivity index (χ3v) is 10.6. The first kappa shape index (κ1) is 44.3. The lowest BCUT2D eigenvalue weighted by Gasteiger charge is -2.13. The summed E-state index contributed by atoms with van der Waals surface area (Å²) in [5.41, 5.74) is 12.2. The predicted octanol–water partition coefficient (Wildman–Crippen LogP) is 12.1. The predicted molar refractivity (Wildman–Crippen MR) is 254 cm³/mol. The molecule has 0 saturated carbocycles. The van der Waals surface area contributed by atoms with Crippen molar-refractivity contribution in [1.82, 2.24) is 9.97 Å². The van der Waals surface area contributed by atoms with Crippen LogP contribution in [-0.4, -0.2) is 59.7 Å². The Hall–Kier alpha value is -7.26. The van der Waals surface area contributed by atoms with Gasteiger partial charge in [-0.05, 0) is 121 Å². The Bertz CT molecular complexity index is 2480. The first-order chi connectivity index (χ1) is 30.1. The molecule has 9 nitrogen and oxygen atoms in total.